The van der Waals surface area contributed by atoms with E-state index >= 15 is 0 Å². The predicted molar refractivity (Wildman–Crippen MR) is 92.8 cm³/mol. The van der Waals surface area contributed by atoms with Crippen LogP contribution in [0.5, 0.6) is 0 Å². The molecule has 3 rings (SSSR count). The molecule has 0 bridgehead atoms. The van der Waals surface area contributed by atoms with Crippen molar-refractivity contribution < 1.29 is 9.72 Å². The van der Waals surface area contributed by atoms with Gasteiger partial charge in [0.2, 0.25) is 0 Å². The first kappa shape index (κ1) is 15.6. The standard InChI is InChI=1S/C18H15N3O3/c1-12-8-9-14(11-17(12)21(23)24)10-16-13(2)19-20(18(16)22)15-6-4-3-5-7-15/h3-11H,1-2H3/b16-10-. The highest BCUT2D eigenvalue weighted by atomic mass is 16.6. The van der Waals surface area contributed by atoms with Crippen molar-refractivity contribution in [2.75, 3.05) is 5.01 Å². The van der Waals surface area contributed by atoms with Gasteiger partial charge in [0.05, 0.1) is 21.9 Å². The number of aryl methyl sites for hydroxylation is 1. The van der Waals surface area contributed by atoms with Crippen molar-refractivity contribution in [1.29, 1.82) is 0 Å². The summed E-state index contributed by atoms with van der Waals surface area (Å²) in [5, 5.41) is 16.7. The topological polar surface area (TPSA) is 75.8 Å². The molecule has 120 valence electrons. The third-order valence-corrected chi connectivity index (χ3v) is 3.80. The fourth-order valence-electron chi connectivity index (χ4n) is 2.51. The Hall–Kier alpha value is -3.28. The molecule has 2 aromatic rings. The van der Waals surface area contributed by atoms with Crippen molar-refractivity contribution in [1.82, 2.24) is 0 Å². The summed E-state index contributed by atoms with van der Waals surface area (Å²) >= 11 is 0. The maximum Gasteiger partial charge on any atom is 0.280 e. The van der Waals surface area contributed by atoms with Crippen LogP contribution in [0.1, 0.15) is 18.1 Å². The molecule has 1 amide bonds. The Kier molecular flexibility index (Phi) is 3.95. The molecule has 0 aromatic heterocycles. The van der Waals surface area contributed by atoms with Gasteiger partial charge in [-0.3, -0.25) is 14.9 Å². The quantitative estimate of drug-likeness (QED) is 0.491. The zero-order valence-electron chi connectivity index (χ0n) is 13.3. The highest BCUT2D eigenvalue weighted by Crippen LogP contribution is 2.26. The van der Waals surface area contributed by atoms with Crippen molar-refractivity contribution in [3.63, 3.8) is 0 Å². The molecule has 0 saturated carbocycles. The van der Waals surface area contributed by atoms with E-state index in [9.17, 15) is 14.9 Å². The Balaban J connectivity index is 1.97. The third kappa shape index (κ3) is 2.81. The van der Waals surface area contributed by atoms with Gasteiger partial charge in [0.25, 0.3) is 11.6 Å². The second-order valence-corrected chi connectivity index (χ2v) is 5.50. The number of hydrogen-bond acceptors (Lipinski definition) is 4. The summed E-state index contributed by atoms with van der Waals surface area (Å²) in [4.78, 5) is 23.3. The lowest BCUT2D eigenvalue weighted by Crippen LogP contribution is -2.21. The van der Waals surface area contributed by atoms with Crippen LogP contribution in [-0.4, -0.2) is 16.5 Å². The molecule has 0 saturated heterocycles. The number of nitrogens with zero attached hydrogens (tertiary/aromatic N) is 3. The van der Waals surface area contributed by atoms with E-state index in [4.69, 9.17) is 0 Å². The molecule has 0 fully saturated rings. The first-order valence-electron chi connectivity index (χ1n) is 7.39. The molecule has 2 aromatic carbocycles. The Morgan fingerprint density at radius 2 is 1.83 bits per heavy atom. The van der Waals surface area contributed by atoms with Crippen molar-refractivity contribution >= 4 is 29.1 Å². The predicted octanol–water partition coefficient (Wildman–Crippen LogP) is 3.71. The minimum Gasteiger partial charge on any atom is -0.267 e. The molecule has 6 nitrogen and oxygen atoms in total. The number of anilines is 1. The van der Waals surface area contributed by atoms with Gasteiger partial charge in [-0.2, -0.15) is 10.1 Å². The van der Waals surface area contributed by atoms with Crippen LogP contribution in [0, 0.1) is 17.0 Å². The summed E-state index contributed by atoms with van der Waals surface area (Å²) in [6.45, 7) is 3.43. The van der Waals surface area contributed by atoms with Crippen LogP contribution in [0.2, 0.25) is 0 Å². The number of benzene rings is 2. The highest BCUT2D eigenvalue weighted by molar-refractivity contribution is 6.32. The van der Waals surface area contributed by atoms with Crippen LogP contribution in [0.15, 0.2) is 59.2 Å². The van der Waals surface area contributed by atoms with Gasteiger partial charge in [-0.1, -0.05) is 30.3 Å². The van der Waals surface area contributed by atoms with E-state index in [1.54, 1.807) is 44.2 Å². The summed E-state index contributed by atoms with van der Waals surface area (Å²) in [7, 11) is 0. The summed E-state index contributed by atoms with van der Waals surface area (Å²) in [6.07, 6.45) is 1.64. The number of nitro benzene ring substituents is 1. The van der Waals surface area contributed by atoms with Crippen molar-refractivity contribution in [3.05, 3.63) is 75.3 Å². The lowest BCUT2D eigenvalue weighted by Gasteiger charge is -2.11. The summed E-state index contributed by atoms with van der Waals surface area (Å²) in [6, 6.07) is 14.0. The van der Waals surface area contributed by atoms with Gasteiger partial charge in [0, 0.05) is 11.6 Å². The van der Waals surface area contributed by atoms with Crippen LogP contribution in [0.25, 0.3) is 6.08 Å². The Morgan fingerprint density at radius 1 is 1.12 bits per heavy atom. The fraction of sp³-hybridized carbons (Fsp3) is 0.111. The number of hydrogen-bond donors (Lipinski definition) is 0. The van der Waals surface area contributed by atoms with E-state index in [2.05, 4.69) is 5.10 Å². The van der Waals surface area contributed by atoms with Crippen LogP contribution >= 0.6 is 0 Å². The van der Waals surface area contributed by atoms with Crippen molar-refractivity contribution in [2.24, 2.45) is 5.10 Å². The maximum absolute atomic E-state index is 12.6. The molecular weight excluding hydrogens is 306 g/mol. The number of carbonyl (C=O) groups is 1. The number of nitro groups is 1. The zero-order chi connectivity index (χ0) is 17.3. The molecule has 6 heteroatoms. The molecule has 1 heterocycles. The molecule has 1 aliphatic heterocycles. The molecule has 1 aliphatic rings. The van der Waals surface area contributed by atoms with E-state index in [0.29, 0.717) is 28.1 Å². The number of carbonyl (C=O) groups excluding carboxylic acids is 1. The summed E-state index contributed by atoms with van der Waals surface area (Å²) in [5.41, 5.74) is 2.89. The van der Waals surface area contributed by atoms with Gasteiger partial charge >= 0.3 is 0 Å². The van der Waals surface area contributed by atoms with Crippen molar-refractivity contribution in [3.8, 4) is 0 Å². The summed E-state index contributed by atoms with van der Waals surface area (Å²) < 4.78 is 0. The zero-order valence-corrected chi connectivity index (χ0v) is 13.3. The second kappa shape index (κ2) is 6.08. The first-order valence-corrected chi connectivity index (χ1v) is 7.39. The molecule has 0 atom stereocenters. The lowest BCUT2D eigenvalue weighted by molar-refractivity contribution is -0.385. The van der Waals surface area contributed by atoms with E-state index in [1.165, 1.54) is 11.1 Å². The average Bonchev–Trinajstić information content (AvgIpc) is 2.85. The SMILES string of the molecule is CC1=NN(c2ccccc2)C(=O)/C1=C\c1ccc(C)c([N+](=O)[O-])c1. The highest BCUT2D eigenvalue weighted by Gasteiger charge is 2.28. The normalized spacial score (nSPS) is 15.8. The second-order valence-electron chi connectivity index (χ2n) is 5.50. The number of hydrazone groups is 1. The number of rotatable bonds is 3. The monoisotopic (exact) mass is 321 g/mol. The number of para-hydroxylation sites is 1. The molecule has 0 N–H and O–H groups in total. The first-order chi connectivity index (χ1) is 11.5. The van der Waals surface area contributed by atoms with E-state index < -0.39 is 4.92 Å². The van der Waals surface area contributed by atoms with Gasteiger partial charge in [-0.05, 0) is 37.6 Å². The van der Waals surface area contributed by atoms with Crippen LogP contribution in [-0.2, 0) is 4.79 Å². The lowest BCUT2D eigenvalue weighted by atomic mass is 10.0. The minimum absolute atomic E-state index is 0.0318. The summed E-state index contributed by atoms with van der Waals surface area (Å²) in [5.74, 6) is -0.248. The Labute approximate surface area is 138 Å². The van der Waals surface area contributed by atoms with Crippen molar-refractivity contribution in [2.45, 2.75) is 13.8 Å². The van der Waals surface area contributed by atoms with Crippen LogP contribution < -0.4 is 5.01 Å². The van der Waals surface area contributed by atoms with Gasteiger partial charge in [0.1, 0.15) is 0 Å². The van der Waals surface area contributed by atoms with Gasteiger partial charge in [-0.25, -0.2) is 0 Å². The van der Waals surface area contributed by atoms with Gasteiger partial charge in [-0.15, -0.1) is 0 Å². The third-order valence-electron chi connectivity index (χ3n) is 3.80. The molecule has 0 unspecified atom stereocenters. The Morgan fingerprint density at radius 3 is 2.50 bits per heavy atom. The molecule has 0 aliphatic carbocycles. The minimum atomic E-state index is -0.426. The van der Waals surface area contributed by atoms with E-state index in [0.717, 1.165) is 0 Å². The fourth-order valence-corrected chi connectivity index (χ4v) is 2.51. The average molecular weight is 321 g/mol. The van der Waals surface area contributed by atoms with E-state index in [1.807, 2.05) is 18.2 Å². The molecule has 0 spiro atoms. The largest absolute Gasteiger partial charge is 0.280 e. The molecule has 24 heavy (non-hydrogen) atoms. The van der Waals surface area contributed by atoms with Crippen LogP contribution in [0.3, 0.4) is 0 Å². The number of amides is 1. The Bertz CT molecular complexity index is 886. The molecule has 0 radical (unpaired) electrons. The van der Waals surface area contributed by atoms with Gasteiger partial charge < -0.3 is 0 Å². The van der Waals surface area contributed by atoms with Crippen LogP contribution in [0.4, 0.5) is 11.4 Å². The smallest absolute Gasteiger partial charge is 0.267 e. The van der Waals surface area contributed by atoms with E-state index in [-0.39, 0.29) is 11.6 Å². The maximum atomic E-state index is 12.6. The molecular formula is C18H15N3O3. The van der Waals surface area contributed by atoms with Gasteiger partial charge in [0.15, 0.2) is 0 Å².